The van der Waals surface area contributed by atoms with Crippen molar-refractivity contribution >= 4 is 29.3 Å². The fourth-order valence-electron chi connectivity index (χ4n) is 2.10. The van der Waals surface area contributed by atoms with Gasteiger partial charge in [0.15, 0.2) is 0 Å². The van der Waals surface area contributed by atoms with Gasteiger partial charge in [-0.1, -0.05) is 18.2 Å². The number of nitrogens with two attached hydrogens (primary N) is 1. The quantitative estimate of drug-likeness (QED) is 0.534. The second kappa shape index (κ2) is 5.02. The molecule has 2 aromatic carbocycles. The monoisotopic (exact) mass is 284 g/mol. The van der Waals surface area contributed by atoms with E-state index in [0.717, 1.165) is 4.90 Å². The molecular formula is C15H12N2O2S. The van der Waals surface area contributed by atoms with E-state index in [1.54, 1.807) is 30.3 Å². The standard InChI is InChI=1S/C15H12N2O2S/c16-10-4-3-5-11(8-10)20-9-17-14(18)12-6-1-2-7-13(12)15(17)19/h1-8H,9,16H2. The molecule has 1 aliphatic rings. The lowest BCUT2D eigenvalue weighted by atomic mass is 10.1. The Morgan fingerprint density at radius 3 is 2.20 bits per heavy atom. The van der Waals surface area contributed by atoms with Crippen molar-refractivity contribution in [2.45, 2.75) is 4.90 Å². The van der Waals surface area contributed by atoms with Gasteiger partial charge in [-0.3, -0.25) is 14.5 Å². The maximum atomic E-state index is 12.2. The number of anilines is 1. The van der Waals surface area contributed by atoms with Gasteiger partial charge in [0.25, 0.3) is 11.8 Å². The number of hydrogen-bond donors (Lipinski definition) is 1. The summed E-state index contributed by atoms with van der Waals surface area (Å²) < 4.78 is 0. The van der Waals surface area contributed by atoms with Crippen LogP contribution in [-0.2, 0) is 0 Å². The van der Waals surface area contributed by atoms with Gasteiger partial charge in [0.2, 0.25) is 0 Å². The number of amides is 2. The highest BCUT2D eigenvalue weighted by Crippen LogP contribution is 2.27. The molecule has 2 amide bonds. The first-order valence-electron chi connectivity index (χ1n) is 6.10. The Hall–Kier alpha value is -2.27. The topological polar surface area (TPSA) is 63.4 Å². The van der Waals surface area contributed by atoms with Crippen LogP contribution in [0.15, 0.2) is 53.4 Å². The Kier molecular flexibility index (Phi) is 3.20. The molecule has 3 rings (SSSR count). The molecular weight excluding hydrogens is 272 g/mol. The second-order valence-corrected chi connectivity index (χ2v) is 5.45. The number of thioether (sulfide) groups is 1. The zero-order valence-electron chi connectivity index (χ0n) is 10.6. The number of fused-ring (bicyclic) bond motifs is 1. The highest BCUT2D eigenvalue weighted by Gasteiger charge is 2.34. The third-order valence-electron chi connectivity index (χ3n) is 3.10. The fraction of sp³-hybridized carbons (Fsp3) is 0.0667. The summed E-state index contributed by atoms with van der Waals surface area (Å²) in [7, 11) is 0. The smallest absolute Gasteiger partial charge is 0.262 e. The van der Waals surface area contributed by atoms with Crippen molar-refractivity contribution in [3.63, 3.8) is 0 Å². The lowest BCUT2D eigenvalue weighted by Crippen LogP contribution is -2.29. The summed E-state index contributed by atoms with van der Waals surface area (Å²) in [5.41, 5.74) is 7.32. The van der Waals surface area contributed by atoms with Crippen molar-refractivity contribution in [1.29, 1.82) is 0 Å². The van der Waals surface area contributed by atoms with Crippen LogP contribution in [0.25, 0.3) is 0 Å². The fourth-order valence-corrected chi connectivity index (χ4v) is 3.01. The normalized spacial score (nSPS) is 13.7. The van der Waals surface area contributed by atoms with Crippen molar-refractivity contribution in [2.24, 2.45) is 0 Å². The Morgan fingerprint density at radius 2 is 1.60 bits per heavy atom. The SMILES string of the molecule is Nc1cccc(SCN2C(=O)c3ccccc3C2=O)c1. The van der Waals surface area contributed by atoms with E-state index in [4.69, 9.17) is 5.73 Å². The minimum Gasteiger partial charge on any atom is -0.399 e. The maximum absolute atomic E-state index is 12.2. The van der Waals surface area contributed by atoms with Crippen molar-refractivity contribution in [2.75, 3.05) is 11.6 Å². The van der Waals surface area contributed by atoms with Gasteiger partial charge in [0.1, 0.15) is 0 Å². The van der Waals surface area contributed by atoms with E-state index in [-0.39, 0.29) is 17.7 Å². The summed E-state index contributed by atoms with van der Waals surface area (Å²) in [5, 5.41) is 0. The average molecular weight is 284 g/mol. The number of benzene rings is 2. The van der Waals surface area contributed by atoms with Gasteiger partial charge in [-0.25, -0.2) is 0 Å². The van der Waals surface area contributed by atoms with Gasteiger partial charge in [0, 0.05) is 10.6 Å². The Bertz CT molecular complexity index is 665. The van der Waals surface area contributed by atoms with E-state index in [1.165, 1.54) is 16.7 Å². The predicted octanol–water partition coefficient (Wildman–Crippen LogP) is 2.61. The lowest BCUT2D eigenvalue weighted by Gasteiger charge is -2.13. The lowest BCUT2D eigenvalue weighted by molar-refractivity contribution is 0.0684. The first kappa shape index (κ1) is 12.7. The van der Waals surface area contributed by atoms with Crippen LogP contribution >= 0.6 is 11.8 Å². The van der Waals surface area contributed by atoms with Gasteiger partial charge in [-0.2, -0.15) is 0 Å². The highest BCUT2D eigenvalue weighted by atomic mass is 32.2. The molecule has 0 unspecified atom stereocenters. The van der Waals surface area contributed by atoms with Gasteiger partial charge >= 0.3 is 0 Å². The second-order valence-electron chi connectivity index (χ2n) is 4.43. The van der Waals surface area contributed by atoms with Crippen LogP contribution in [-0.4, -0.2) is 22.6 Å². The Balaban J connectivity index is 1.77. The molecule has 0 fully saturated rings. The van der Waals surface area contributed by atoms with Crippen LogP contribution in [0.2, 0.25) is 0 Å². The number of hydrogen-bond acceptors (Lipinski definition) is 4. The number of nitrogen functional groups attached to an aromatic ring is 1. The van der Waals surface area contributed by atoms with Crippen LogP contribution in [0.3, 0.4) is 0 Å². The van der Waals surface area contributed by atoms with E-state index >= 15 is 0 Å². The first-order chi connectivity index (χ1) is 9.66. The van der Waals surface area contributed by atoms with Gasteiger partial charge in [-0.05, 0) is 30.3 Å². The van der Waals surface area contributed by atoms with Gasteiger partial charge in [-0.15, -0.1) is 11.8 Å². The maximum Gasteiger partial charge on any atom is 0.262 e. The Labute approximate surface area is 120 Å². The zero-order valence-corrected chi connectivity index (χ0v) is 11.4. The molecule has 20 heavy (non-hydrogen) atoms. The molecule has 2 aromatic rings. The van der Waals surface area contributed by atoms with Crippen LogP contribution in [0, 0.1) is 0 Å². The molecule has 0 saturated heterocycles. The molecule has 0 atom stereocenters. The molecule has 1 aliphatic heterocycles. The van der Waals surface area contributed by atoms with Gasteiger partial charge in [0.05, 0.1) is 17.0 Å². The molecule has 0 saturated carbocycles. The van der Waals surface area contributed by atoms with Crippen molar-refractivity contribution in [3.8, 4) is 0 Å². The van der Waals surface area contributed by atoms with Crippen molar-refractivity contribution in [1.82, 2.24) is 4.90 Å². The average Bonchev–Trinajstić information content (AvgIpc) is 2.70. The Morgan fingerprint density at radius 1 is 0.950 bits per heavy atom. The predicted molar refractivity (Wildman–Crippen MR) is 78.5 cm³/mol. The van der Waals surface area contributed by atoms with E-state index in [0.29, 0.717) is 16.8 Å². The number of rotatable bonds is 3. The summed E-state index contributed by atoms with van der Waals surface area (Å²) in [5.74, 6) is -0.181. The summed E-state index contributed by atoms with van der Waals surface area (Å²) in [6.45, 7) is 0. The molecule has 5 heteroatoms. The molecule has 2 N–H and O–H groups in total. The largest absolute Gasteiger partial charge is 0.399 e. The van der Waals surface area contributed by atoms with Crippen LogP contribution in [0.1, 0.15) is 20.7 Å². The number of imide groups is 1. The molecule has 0 spiro atoms. The van der Waals surface area contributed by atoms with Crippen molar-refractivity contribution in [3.05, 3.63) is 59.7 Å². The molecule has 100 valence electrons. The van der Waals surface area contributed by atoms with Crippen LogP contribution < -0.4 is 5.73 Å². The molecule has 4 nitrogen and oxygen atoms in total. The van der Waals surface area contributed by atoms with E-state index in [9.17, 15) is 9.59 Å². The van der Waals surface area contributed by atoms with Gasteiger partial charge < -0.3 is 5.73 Å². The van der Waals surface area contributed by atoms with Crippen molar-refractivity contribution < 1.29 is 9.59 Å². The molecule has 0 radical (unpaired) electrons. The minimum absolute atomic E-state index is 0.234. The summed E-state index contributed by atoms with van der Waals surface area (Å²) in [4.78, 5) is 26.5. The minimum atomic E-state index is -0.234. The number of nitrogens with zero attached hydrogens (tertiary/aromatic N) is 1. The molecule has 0 aromatic heterocycles. The molecule has 0 bridgehead atoms. The highest BCUT2D eigenvalue weighted by molar-refractivity contribution is 7.99. The third kappa shape index (κ3) is 2.16. The number of carbonyl (C=O) groups is 2. The third-order valence-corrected chi connectivity index (χ3v) is 4.07. The van der Waals surface area contributed by atoms with E-state index in [2.05, 4.69) is 0 Å². The summed E-state index contributed by atoms with van der Waals surface area (Å²) in [6.07, 6.45) is 0. The summed E-state index contributed by atoms with van der Waals surface area (Å²) in [6, 6.07) is 14.3. The van der Waals surface area contributed by atoms with E-state index in [1.807, 2.05) is 18.2 Å². The molecule has 0 aliphatic carbocycles. The molecule has 1 heterocycles. The first-order valence-corrected chi connectivity index (χ1v) is 7.09. The van der Waals surface area contributed by atoms with Crippen LogP contribution in [0.4, 0.5) is 5.69 Å². The van der Waals surface area contributed by atoms with E-state index < -0.39 is 0 Å². The zero-order chi connectivity index (χ0) is 14.1. The summed E-state index contributed by atoms with van der Waals surface area (Å²) >= 11 is 1.41. The number of carbonyl (C=O) groups excluding carboxylic acids is 2. The van der Waals surface area contributed by atoms with Crippen LogP contribution in [0.5, 0.6) is 0 Å².